The molecule has 3 amide bonds. The van der Waals surface area contributed by atoms with E-state index in [4.69, 9.17) is 21.2 Å². The van der Waals surface area contributed by atoms with E-state index < -0.39 is 11.8 Å². The molecule has 6 rings (SSSR count). The van der Waals surface area contributed by atoms with E-state index >= 15 is 0 Å². The van der Waals surface area contributed by atoms with E-state index in [-0.39, 0.29) is 54.9 Å². The highest BCUT2D eigenvalue weighted by atomic mass is 16.5. The average molecular weight is 778 g/mol. The molecule has 0 bridgehead atoms. The number of primary amides is 2. The Labute approximate surface area is 328 Å². The van der Waals surface area contributed by atoms with Crippen LogP contribution in [0.3, 0.4) is 0 Å². The van der Waals surface area contributed by atoms with Gasteiger partial charge in [0.15, 0.2) is 5.78 Å². The first-order valence-corrected chi connectivity index (χ1v) is 18.9. The van der Waals surface area contributed by atoms with Crippen molar-refractivity contribution in [2.24, 2.45) is 11.5 Å². The molecule has 2 aromatic carbocycles. The van der Waals surface area contributed by atoms with E-state index in [1.165, 1.54) is 0 Å². The number of ether oxygens (including phenoxy) is 1. The molecule has 57 heavy (non-hydrogen) atoms. The Morgan fingerprint density at radius 2 is 1.46 bits per heavy atom. The van der Waals surface area contributed by atoms with Gasteiger partial charge in [-0.1, -0.05) is 12.2 Å². The number of nitrogens with two attached hydrogens (primary N) is 2. The van der Waals surface area contributed by atoms with Gasteiger partial charge >= 0.3 is 0 Å². The Bertz CT molecular complexity index is 2500. The Balaban J connectivity index is 1.32. The standard InChI is InChI=1S/C40H47N11O6/c1-5-50-31(19-24(3)46-50)33(53)11-9-12-35-43-29-22-27(38(42)55)23-34(57-18-10-17-52)36(29)49(35)16-8-7-15-48-30-14-13-26(37(41)54)21-28(30)44-40(48)45-39(56)32-20-25(4)47-51(32)6-2/h7-8,13-14,19-23,52H,5-6,9-12,15-18H2,1-4H3,(H2,41,54)(H2,42,55)(H,44,45,56)/b8-7+. The number of amides is 3. The third kappa shape index (κ3) is 8.78. The molecule has 0 saturated carbocycles. The molecule has 0 unspecified atom stereocenters. The summed E-state index contributed by atoms with van der Waals surface area (Å²) in [7, 11) is 0. The van der Waals surface area contributed by atoms with Crippen molar-refractivity contribution in [3.63, 3.8) is 0 Å². The van der Waals surface area contributed by atoms with E-state index in [0.29, 0.717) is 89.6 Å². The lowest BCUT2D eigenvalue weighted by atomic mass is 10.1. The van der Waals surface area contributed by atoms with Crippen LogP contribution in [-0.2, 0) is 32.6 Å². The summed E-state index contributed by atoms with van der Waals surface area (Å²) in [4.78, 5) is 60.6. The van der Waals surface area contributed by atoms with Crippen molar-refractivity contribution in [1.82, 2.24) is 38.7 Å². The number of benzene rings is 2. The van der Waals surface area contributed by atoms with Crippen LogP contribution >= 0.6 is 0 Å². The average Bonchev–Trinajstić information content (AvgIpc) is 3.95. The number of carbonyl (C=O) groups is 4. The summed E-state index contributed by atoms with van der Waals surface area (Å²) < 4.78 is 13.2. The number of aliphatic hydroxyl groups excluding tert-OH is 1. The van der Waals surface area contributed by atoms with Gasteiger partial charge in [-0.3, -0.25) is 33.9 Å². The van der Waals surface area contributed by atoms with Crippen LogP contribution in [0.5, 0.6) is 5.75 Å². The second-order valence-electron chi connectivity index (χ2n) is 13.6. The van der Waals surface area contributed by atoms with Crippen molar-refractivity contribution >= 4 is 51.5 Å². The minimum atomic E-state index is -0.638. The van der Waals surface area contributed by atoms with Crippen LogP contribution in [0.4, 0.5) is 5.95 Å². The van der Waals surface area contributed by atoms with E-state index in [0.717, 1.165) is 5.69 Å². The zero-order chi connectivity index (χ0) is 40.8. The van der Waals surface area contributed by atoms with Crippen molar-refractivity contribution in [2.75, 3.05) is 18.5 Å². The van der Waals surface area contributed by atoms with Crippen molar-refractivity contribution in [2.45, 2.75) is 79.6 Å². The highest BCUT2D eigenvalue weighted by Crippen LogP contribution is 2.30. The van der Waals surface area contributed by atoms with E-state index in [1.54, 1.807) is 51.8 Å². The summed E-state index contributed by atoms with van der Waals surface area (Å²) in [6.07, 6.45) is 5.43. The summed E-state index contributed by atoms with van der Waals surface area (Å²) in [6, 6.07) is 11.6. The number of nitrogens with one attached hydrogen (secondary N) is 1. The van der Waals surface area contributed by atoms with Gasteiger partial charge in [0.25, 0.3) is 5.91 Å². The van der Waals surface area contributed by atoms with Crippen LogP contribution in [0.25, 0.3) is 22.1 Å². The van der Waals surface area contributed by atoms with Crippen LogP contribution in [0.1, 0.15) is 92.0 Å². The second-order valence-corrected chi connectivity index (χ2v) is 13.6. The summed E-state index contributed by atoms with van der Waals surface area (Å²) >= 11 is 0. The SMILES string of the molecule is CCn1nc(C)cc1C(=O)CCCc1nc2cc(C(N)=O)cc(OCCCO)c2n1C/C=C/Cn1c(NC(=O)c2cc(C)nn2CC)nc2cc(C(N)=O)ccc21. The number of rotatable bonds is 19. The van der Waals surface area contributed by atoms with Gasteiger partial charge in [-0.25, -0.2) is 9.97 Å². The number of anilines is 1. The number of hydrogen-bond donors (Lipinski definition) is 4. The van der Waals surface area contributed by atoms with Crippen LogP contribution in [-0.4, -0.2) is 80.5 Å². The lowest BCUT2D eigenvalue weighted by Crippen LogP contribution is -2.19. The largest absolute Gasteiger partial charge is 0.491 e. The molecule has 17 heteroatoms. The molecule has 6 N–H and O–H groups in total. The zero-order valence-corrected chi connectivity index (χ0v) is 32.5. The van der Waals surface area contributed by atoms with Crippen molar-refractivity contribution < 1.29 is 29.0 Å². The quantitative estimate of drug-likeness (QED) is 0.0522. The van der Waals surface area contributed by atoms with Gasteiger partial charge in [-0.2, -0.15) is 10.2 Å². The molecule has 0 atom stereocenters. The third-order valence-corrected chi connectivity index (χ3v) is 9.46. The van der Waals surface area contributed by atoms with Gasteiger partial charge < -0.3 is 30.4 Å². The van der Waals surface area contributed by atoms with Gasteiger partial charge in [0, 0.05) is 63.2 Å². The van der Waals surface area contributed by atoms with Crippen molar-refractivity contribution in [1.29, 1.82) is 0 Å². The molecular weight excluding hydrogens is 731 g/mol. The number of nitrogens with zero attached hydrogens (tertiary/aromatic N) is 8. The van der Waals surface area contributed by atoms with Gasteiger partial charge in [0.2, 0.25) is 17.8 Å². The number of fused-ring (bicyclic) bond motifs is 2. The number of imidazole rings is 2. The maximum Gasteiger partial charge on any atom is 0.276 e. The fourth-order valence-electron chi connectivity index (χ4n) is 6.77. The zero-order valence-electron chi connectivity index (χ0n) is 32.5. The second kappa shape index (κ2) is 17.5. The molecule has 0 aliphatic heterocycles. The first-order valence-electron chi connectivity index (χ1n) is 18.9. The Morgan fingerprint density at radius 1 is 0.807 bits per heavy atom. The number of hydrogen-bond acceptors (Lipinski definition) is 10. The smallest absolute Gasteiger partial charge is 0.276 e. The number of Topliss-reactive ketones (excluding diaryl/α,β-unsaturated/α-hetero) is 1. The molecule has 4 aromatic heterocycles. The van der Waals surface area contributed by atoms with Crippen molar-refractivity contribution in [3.05, 3.63) is 94.3 Å². The molecule has 4 heterocycles. The molecule has 6 aromatic rings. The highest BCUT2D eigenvalue weighted by molar-refractivity contribution is 6.03. The first-order chi connectivity index (χ1) is 27.4. The fraction of sp³-hybridized carbons (Fsp3) is 0.350. The van der Waals surface area contributed by atoms with Gasteiger partial charge in [-0.15, -0.1) is 0 Å². The predicted molar refractivity (Wildman–Crippen MR) is 213 cm³/mol. The minimum absolute atomic E-state index is 0.0169. The van der Waals surface area contributed by atoms with Gasteiger partial charge in [0.1, 0.15) is 28.5 Å². The third-order valence-electron chi connectivity index (χ3n) is 9.46. The highest BCUT2D eigenvalue weighted by Gasteiger charge is 2.21. The molecule has 0 fully saturated rings. The Morgan fingerprint density at radius 3 is 2.12 bits per heavy atom. The molecule has 17 nitrogen and oxygen atoms in total. The fourth-order valence-corrected chi connectivity index (χ4v) is 6.77. The van der Waals surface area contributed by atoms with Crippen LogP contribution in [0.2, 0.25) is 0 Å². The van der Waals surface area contributed by atoms with E-state index in [9.17, 15) is 24.3 Å². The topological polar surface area (TPSA) is 233 Å². The summed E-state index contributed by atoms with van der Waals surface area (Å²) in [5, 5.41) is 21.1. The van der Waals surface area contributed by atoms with E-state index in [2.05, 4.69) is 20.5 Å². The number of aryl methyl sites for hydroxylation is 5. The van der Waals surface area contributed by atoms with Crippen LogP contribution in [0, 0.1) is 13.8 Å². The maximum atomic E-state index is 13.5. The summed E-state index contributed by atoms with van der Waals surface area (Å²) in [5.74, 6) is -0.328. The molecule has 0 aliphatic carbocycles. The normalized spacial score (nSPS) is 11.6. The molecule has 0 aliphatic rings. The van der Waals surface area contributed by atoms with Gasteiger partial charge in [-0.05, 0) is 76.6 Å². The lowest BCUT2D eigenvalue weighted by Gasteiger charge is -2.12. The van der Waals surface area contributed by atoms with Crippen molar-refractivity contribution in [3.8, 4) is 5.75 Å². The monoisotopic (exact) mass is 777 g/mol. The number of carbonyl (C=O) groups excluding carboxylic acids is 4. The predicted octanol–water partition coefficient (Wildman–Crippen LogP) is 4.11. The number of ketones is 1. The van der Waals surface area contributed by atoms with Gasteiger partial charge in [0.05, 0.1) is 34.5 Å². The molecule has 0 spiro atoms. The number of aromatic nitrogens is 8. The molecular formula is C40H47N11O6. The summed E-state index contributed by atoms with van der Waals surface area (Å²) in [5.41, 5.74) is 16.4. The maximum absolute atomic E-state index is 13.5. The molecule has 0 saturated heterocycles. The molecule has 0 radical (unpaired) electrons. The minimum Gasteiger partial charge on any atom is -0.491 e. The Kier molecular flexibility index (Phi) is 12.3. The Hall–Kier alpha value is -6.62. The number of allylic oxidation sites excluding steroid dienone is 2. The first kappa shape index (κ1) is 40.1. The van der Waals surface area contributed by atoms with Crippen LogP contribution in [0.15, 0.2) is 54.6 Å². The van der Waals surface area contributed by atoms with E-state index in [1.807, 2.05) is 49.0 Å². The molecule has 298 valence electrons. The summed E-state index contributed by atoms with van der Waals surface area (Å²) in [6.45, 7) is 9.31. The lowest BCUT2D eigenvalue weighted by molar-refractivity contribution is 0.0966. The number of aliphatic hydroxyl groups is 1. The van der Waals surface area contributed by atoms with Crippen LogP contribution < -0.4 is 21.5 Å².